The van der Waals surface area contributed by atoms with E-state index in [0.29, 0.717) is 0 Å². The van der Waals surface area contributed by atoms with Crippen LogP contribution in [-0.2, 0) is 23.8 Å². The molecule has 0 aromatic rings. The van der Waals surface area contributed by atoms with Crippen molar-refractivity contribution in [2.75, 3.05) is 26.4 Å². The first kappa shape index (κ1) is 16.9. The Labute approximate surface area is 111 Å². The quantitative estimate of drug-likeness (QED) is 0.302. The lowest BCUT2D eigenvalue weighted by Crippen LogP contribution is -2.29. The summed E-state index contributed by atoms with van der Waals surface area (Å²) in [5.74, 6) is -1.12. The Balaban J connectivity index is 3.47. The normalized spacial score (nSPS) is 9.63. The summed E-state index contributed by atoms with van der Waals surface area (Å²) in [6, 6.07) is 0. The van der Waals surface area contributed by atoms with Crippen LogP contribution in [0, 0.1) is 5.92 Å². The van der Waals surface area contributed by atoms with Gasteiger partial charge in [0, 0.05) is 6.08 Å². The number of alkyl carbamates (subject to hydrolysis) is 1. The highest BCUT2D eigenvalue weighted by Crippen LogP contribution is 1.95. The molecule has 1 amide bonds. The van der Waals surface area contributed by atoms with Crippen LogP contribution in [0.25, 0.3) is 0 Å². The Morgan fingerprint density at radius 2 is 1.74 bits per heavy atom. The molecule has 0 aliphatic rings. The average Bonchev–Trinajstić information content (AvgIpc) is 2.38. The van der Waals surface area contributed by atoms with E-state index >= 15 is 0 Å². The number of amides is 1. The van der Waals surface area contributed by atoms with Crippen LogP contribution in [-0.4, -0.2) is 44.4 Å². The zero-order chi connectivity index (χ0) is 14.7. The first-order chi connectivity index (χ1) is 8.97. The van der Waals surface area contributed by atoms with Gasteiger partial charge in [-0.2, -0.15) is 0 Å². The lowest BCUT2D eigenvalue weighted by atomic mass is 10.2. The number of carbonyl (C=O) groups excluding carboxylic acids is 3. The third-order valence-electron chi connectivity index (χ3n) is 1.81. The molecule has 19 heavy (non-hydrogen) atoms. The van der Waals surface area contributed by atoms with Gasteiger partial charge in [-0.3, -0.25) is 4.79 Å². The van der Waals surface area contributed by atoms with Gasteiger partial charge in [-0.25, -0.2) is 9.59 Å². The van der Waals surface area contributed by atoms with E-state index in [-0.39, 0.29) is 38.3 Å². The smallest absolute Gasteiger partial charge is 0.407 e. The zero-order valence-electron chi connectivity index (χ0n) is 11.1. The van der Waals surface area contributed by atoms with Crippen LogP contribution < -0.4 is 5.32 Å². The molecule has 0 aromatic heterocycles. The standard InChI is InChI=1S/C12H19NO6/c1-4-10(14)17-6-5-13-12(16)19-8-7-18-11(15)9(2)3/h4,9H,1,5-8H2,2-3H3,(H,13,16). The second-order valence-electron chi connectivity index (χ2n) is 3.76. The van der Waals surface area contributed by atoms with Crippen molar-refractivity contribution in [1.82, 2.24) is 5.32 Å². The molecule has 0 bridgehead atoms. The molecule has 0 aromatic carbocycles. The third kappa shape index (κ3) is 9.63. The highest BCUT2D eigenvalue weighted by atomic mass is 16.6. The van der Waals surface area contributed by atoms with Gasteiger partial charge in [0.15, 0.2) is 0 Å². The van der Waals surface area contributed by atoms with Crippen LogP contribution in [0.3, 0.4) is 0 Å². The van der Waals surface area contributed by atoms with E-state index in [0.717, 1.165) is 6.08 Å². The molecular formula is C12H19NO6. The molecule has 0 rings (SSSR count). The third-order valence-corrected chi connectivity index (χ3v) is 1.81. The van der Waals surface area contributed by atoms with Crippen LogP contribution in [0.2, 0.25) is 0 Å². The van der Waals surface area contributed by atoms with Gasteiger partial charge >= 0.3 is 18.0 Å². The molecule has 1 N–H and O–H groups in total. The van der Waals surface area contributed by atoms with Gasteiger partial charge < -0.3 is 19.5 Å². The molecule has 7 heteroatoms. The molecule has 0 fully saturated rings. The van der Waals surface area contributed by atoms with Crippen molar-refractivity contribution in [2.24, 2.45) is 5.92 Å². The number of esters is 2. The molecular weight excluding hydrogens is 254 g/mol. The van der Waals surface area contributed by atoms with Crippen molar-refractivity contribution in [1.29, 1.82) is 0 Å². The van der Waals surface area contributed by atoms with Crippen molar-refractivity contribution >= 4 is 18.0 Å². The van der Waals surface area contributed by atoms with Crippen molar-refractivity contribution < 1.29 is 28.6 Å². The Hall–Kier alpha value is -2.05. The van der Waals surface area contributed by atoms with Crippen molar-refractivity contribution in [2.45, 2.75) is 13.8 Å². The van der Waals surface area contributed by atoms with Gasteiger partial charge in [-0.15, -0.1) is 0 Å². The summed E-state index contributed by atoms with van der Waals surface area (Å²) in [6.07, 6.45) is 0.358. The molecule has 7 nitrogen and oxygen atoms in total. The Bertz CT molecular complexity index is 326. The summed E-state index contributed by atoms with van der Waals surface area (Å²) < 4.78 is 14.1. The number of hydrogen-bond donors (Lipinski definition) is 1. The highest BCUT2D eigenvalue weighted by molar-refractivity contribution is 5.81. The number of rotatable bonds is 8. The number of ether oxygens (including phenoxy) is 3. The first-order valence-electron chi connectivity index (χ1n) is 5.83. The highest BCUT2D eigenvalue weighted by Gasteiger charge is 2.08. The molecule has 0 heterocycles. The van der Waals surface area contributed by atoms with Crippen LogP contribution in [0.1, 0.15) is 13.8 Å². The molecule has 0 saturated carbocycles. The van der Waals surface area contributed by atoms with Crippen LogP contribution in [0.4, 0.5) is 4.79 Å². The number of nitrogens with one attached hydrogen (secondary N) is 1. The topological polar surface area (TPSA) is 90.9 Å². The van der Waals surface area contributed by atoms with Crippen LogP contribution in [0.5, 0.6) is 0 Å². The first-order valence-corrected chi connectivity index (χ1v) is 5.83. The second-order valence-corrected chi connectivity index (χ2v) is 3.76. The summed E-state index contributed by atoms with van der Waals surface area (Å²) in [5, 5.41) is 2.36. The fourth-order valence-electron chi connectivity index (χ4n) is 0.858. The van der Waals surface area contributed by atoms with Crippen molar-refractivity contribution in [3.05, 3.63) is 12.7 Å². The number of carbonyl (C=O) groups is 3. The van der Waals surface area contributed by atoms with E-state index in [1.54, 1.807) is 13.8 Å². The predicted octanol–water partition coefficient (Wildman–Crippen LogP) is 0.641. The SMILES string of the molecule is C=CC(=O)OCCNC(=O)OCCOC(=O)C(C)C. The number of hydrogen-bond acceptors (Lipinski definition) is 6. The maximum absolute atomic E-state index is 11.1. The molecule has 0 aliphatic heterocycles. The minimum absolute atomic E-state index is 0.00980. The zero-order valence-corrected chi connectivity index (χ0v) is 11.1. The van der Waals surface area contributed by atoms with E-state index in [9.17, 15) is 14.4 Å². The maximum atomic E-state index is 11.1. The van der Waals surface area contributed by atoms with Gasteiger partial charge in [0.25, 0.3) is 0 Å². The summed E-state index contributed by atoms with van der Waals surface area (Å²) in [5.41, 5.74) is 0. The van der Waals surface area contributed by atoms with E-state index in [1.165, 1.54) is 0 Å². The van der Waals surface area contributed by atoms with Crippen LogP contribution in [0.15, 0.2) is 12.7 Å². The monoisotopic (exact) mass is 273 g/mol. The molecule has 108 valence electrons. The summed E-state index contributed by atoms with van der Waals surface area (Å²) >= 11 is 0. The van der Waals surface area contributed by atoms with Crippen molar-refractivity contribution in [3.63, 3.8) is 0 Å². The lowest BCUT2D eigenvalue weighted by Gasteiger charge is -2.08. The van der Waals surface area contributed by atoms with Crippen LogP contribution >= 0.6 is 0 Å². The Kier molecular flexibility index (Phi) is 8.86. The minimum Gasteiger partial charge on any atom is -0.462 e. The van der Waals surface area contributed by atoms with E-state index in [4.69, 9.17) is 9.47 Å². The Morgan fingerprint density at radius 3 is 2.32 bits per heavy atom. The predicted molar refractivity (Wildman–Crippen MR) is 66.3 cm³/mol. The minimum atomic E-state index is -0.671. The largest absolute Gasteiger partial charge is 0.462 e. The lowest BCUT2D eigenvalue weighted by molar-refractivity contribution is -0.148. The average molecular weight is 273 g/mol. The van der Waals surface area contributed by atoms with Gasteiger partial charge in [-0.05, 0) is 0 Å². The maximum Gasteiger partial charge on any atom is 0.407 e. The van der Waals surface area contributed by atoms with Crippen molar-refractivity contribution in [3.8, 4) is 0 Å². The Morgan fingerprint density at radius 1 is 1.11 bits per heavy atom. The molecule has 0 spiro atoms. The van der Waals surface area contributed by atoms with Gasteiger partial charge in [0.1, 0.15) is 19.8 Å². The fourth-order valence-corrected chi connectivity index (χ4v) is 0.858. The van der Waals surface area contributed by atoms with Gasteiger partial charge in [0.2, 0.25) is 0 Å². The summed E-state index contributed by atoms with van der Waals surface area (Å²) in [7, 11) is 0. The second kappa shape index (κ2) is 9.93. The van der Waals surface area contributed by atoms with Gasteiger partial charge in [0.05, 0.1) is 12.5 Å². The molecule has 0 saturated heterocycles. The summed E-state index contributed by atoms with van der Waals surface area (Å²) in [6.45, 7) is 6.78. The van der Waals surface area contributed by atoms with E-state index in [2.05, 4.69) is 16.6 Å². The molecule has 0 aliphatic carbocycles. The summed E-state index contributed by atoms with van der Waals surface area (Å²) in [4.78, 5) is 32.8. The molecule has 0 unspecified atom stereocenters. The molecule has 0 radical (unpaired) electrons. The van der Waals surface area contributed by atoms with Gasteiger partial charge in [-0.1, -0.05) is 20.4 Å². The van der Waals surface area contributed by atoms with E-state index < -0.39 is 12.1 Å². The van der Waals surface area contributed by atoms with E-state index in [1.807, 2.05) is 0 Å². The molecule has 0 atom stereocenters. The fraction of sp³-hybridized carbons (Fsp3) is 0.583.